The predicted octanol–water partition coefficient (Wildman–Crippen LogP) is 3.98. The average Bonchev–Trinajstić information content (AvgIpc) is 3.33. The topological polar surface area (TPSA) is 80.8 Å². The minimum atomic E-state index is -1.04. The van der Waals surface area contributed by atoms with E-state index < -0.39 is 30.5 Å². The molecule has 0 unspecified atom stereocenters. The van der Waals surface area contributed by atoms with Gasteiger partial charge in [-0.2, -0.15) is 0 Å². The maximum atomic E-state index is 13.3. The number of benzene rings is 1. The van der Waals surface area contributed by atoms with Crippen molar-refractivity contribution in [1.82, 2.24) is 4.90 Å². The largest absolute Gasteiger partial charge is 0.456 e. The molecule has 1 aromatic carbocycles. The number of esters is 1. The Morgan fingerprint density at radius 1 is 1.03 bits per heavy atom. The van der Waals surface area contributed by atoms with Crippen molar-refractivity contribution in [3.05, 3.63) is 34.3 Å². The molecule has 1 aliphatic heterocycles. The third-order valence-corrected chi connectivity index (χ3v) is 10.4. The average molecular weight is 620 g/mol. The molecule has 0 radical (unpaired) electrons. The minimum Gasteiger partial charge on any atom is -0.456 e. The minimum absolute atomic E-state index is 0.0728. The molecule has 166 valence electrons. The molecule has 9 heteroatoms. The number of likely N-dealkylation sites (tertiary alicyclic amines) is 1. The third-order valence-electron chi connectivity index (χ3n) is 6.68. The standard InChI is InChI=1S/C22H22Br3NO5/c1-9(2)19(22(30)31-8-14(27)10-3-5-11(23)6-4-10)26-20(28)15-12-7-13(16(15)21(26)29)18(25)17(12)24/h3-6,9,12-13,15-19H,7-8H2,1-2H3/t12-,13-,15-,16-,17+,18+,19-/m1/s1. The van der Waals surface area contributed by atoms with Gasteiger partial charge in [0.05, 0.1) is 11.8 Å². The fourth-order valence-electron chi connectivity index (χ4n) is 5.26. The number of alkyl halides is 2. The summed E-state index contributed by atoms with van der Waals surface area (Å²) in [5.41, 5.74) is 0.420. The van der Waals surface area contributed by atoms with E-state index in [4.69, 9.17) is 4.74 Å². The zero-order chi connectivity index (χ0) is 22.6. The molecule has 3 aliphatic rings. The lowest BCUT2D eigenvalue weighted by atomic mass is 9.81. The van der Waals surface area contributed by atoms with Crippen LogP contribution in [0.25, 0.3) is 0 Å². The van der Waals surface area contributed by atoms with Gasteiger partial charge in [-0.3, -0.25) is 19.3 Å². The number of amides is 2. The first-order valence-corrected chi connectivity index (χ1v) is 12.9. The van der Waals surface area contributed by atoms with Crippen LogP contribution < -0.4 is 0 Å². The van der Waals surface area contributed by atoms with Gasteiger partial charge in [0.2, 0.25) is 11.8 Å². The molecule has 1 saturated heterocycles. The summed E-state index contributed by atoms with van der Waals surface area (Å²) in [5.74, 6) is -2.63. The van der Waals surface area contributed by atoms with E-state index in [9.17, 15) is 19.2 Å². The number of carbonyl (C=O) groups is 4. The van der Waals surface area contributed by atoms with Gasteiger partial charge in [0.25, 0.3) is 0 Å². The Kier molecular flexibility index (Phi) is 6.49. The van der Waals surface area contributed by atoms with E-state index in [1.165, 1.54) is 0 Å². The van der Waals surface area contributed by atoms with Crippen molar-refractivity contribution in [2.75, 3.05) is 6.61 Å². The second-order valence-corrected chi connectivity index (χ2v) is 11.8. The second kappa shape index (κ2) is 8.71. The molecule has 0 spiro atoms. The highest BCUT2D eigenvalue weighted by atomic mass is 79.9. The van der Waals surface area contributed by atoms with Crippen LogP contribution in [0, 0.1) is 29.6 Å². The summed E-state index contributed by atoms with van der Waals surface area (Å²) < 4.78 is 6.13. The SMILES string of the molecule is CC(C)[C@H](C(=O)OCC(=O)c1ccc(Br)cc1)N1C(=O)[C@@H]2[C@H]3C[C@@H]([C@H](Br)[C@H]3Br)[C@H]2C1=O. The number of imide groups is 1. The van der Waals surface area contributed by atoms with Crippen LogP contribution in [-0.2, 0) is 19.1 Å². The monoisotopic (exact) mass is 617 g/mol. The molecule has 0 N–H and O–H groups in total. The van der Waals surface area contributed by atoms with E-state index in [2.05, 4.69) is 47.8 Å². The van der Waals surface area contributed by atoms with E-state index >= 15 is 0 Å². The Morgan fingerprint density at radius 3 is 2.03 bits per heavy atom. The molecule has 1 aromatic rings. The number of carbonyl (C=O) groups excluding carboxylic acids is 4. The highest BCUT2D eigenvalue weighted by Crippen LogP contribution is 2.60. The molecule has 2 aliphatic carbocycles. The van der Waals surface area contributed by atoms with Crippen LogP contribution in [0.3, 0.4) is 0 Å². The first-order chi connectivity index (χ1) is 14.6. The van der Waals surface area contributed by atoms with Crippen LogP contribution in [0.1, 0.15) is 30.6 Å². The fourth-order valence-corrected chi connectivity index (χ4v) is 7.40. The Balaban J connectivity index is 1.49. The Bertz CT molecular complexity index is 902. The first-order valence-electron chi connectivity index (χ1n) is 10.2. The summed E-state index contributed by atoms with van der Waals surface area (Å²) in [6, 6.07) is 5.70. The molecule has 7 atom stereocenters. The maximum absolute atomic E-state index is 13.3. The molecule has 31 heavy (non-hydrogen) atoms. The van der Waals surface area contributed by atoms with Gasteiger partial charge in [0, 0.05) is 19.7 Å². The van der Waals surface area contributed by atoms with E-state index in [-0.39, 0.29) is 45.0 Å². The number of ketones is 1. The normalized spacial score (nSPS) is 32.5. The van der Waals surface area contributed by atoms with Gasteiger partial charge in [-0.05, 0) is 36.3 Å². The number of Topliss-reactive ketones (excluding diaryl/α,β-unsaturated/α-hetero) is 1. The van der Waals surface area contributed by atoms with Crippen LogP contribution in [0.2, 0.25) is 0 Å². The second-order valence-electron chi connectivity index (χ2n) is 8.78. The van der Waals surface area contributed by atoms with Crippen LogP contribution in [0.5, 0.6) is 0 Å². The van der Waals surface area contributed by atoms with Gasteiger partial charge in [-0.25, -0.2) is 4.79 Å². The number of hydrogen-bond acceptors (Lipinski definition) is 5. The number of rotatable bonds is 6. The highest BCUT2D eigenvalue weighted by Gasteiger charge is 2.67. The number of ether oxygens (including phenoxy) is 1. The van der Waals surface area contributed by atoms with Gasteiger partial charge >= 0.3 is 5.97 Å². The molecule has 2 saturated carbocycles. The Hall–Kier alpha value is -1.06. The van der Waals surface area contributed by atoms with Crippen LogP contribution in [0.4, 0.5) is 0 Å². The fraction of sp³-hybridized carbons (Fsp3) is 0.545. The lowest BCUT2D eigenvalue weighted by Crippen LogP contribution is -2.50. The molecule has 3 fully saturated rings. The summed E-state index contributed by atoms with van der Waals surface area (Å²) in [5, 5.41) is 0. The van der Waals surface area contributed by atoms with E-state index in [1.54, 1.807) is 38.1 Å². The molecule has 4 rings (SSSR count). The number of hydrogen-bond donors (Lipinski definition) is 0. The number of fused-ring (bicyclic) bond motifs is 5. The van der Waals surface area contributed by atoms with Crippen molar-refractivity contribution in [2.45, 2.75) is 36.0 Å². The first kappa shape index (κ1) is 23.1. The Labute approximate surface area is 205 Å². The molecular weight excluding hydrogens is 598 g/mol. The zero-order valence-corrected chi connectivity index (χ0v) is 21.7. The van der Waals surface area contributed by atoms with Crippen LogP contribution >= 0.6 is 47.8 Å². The van der Waals surface area contributed by atoms with Crippen molar-refractivity contribution >= 4 is 71.4 Å². The Morgan fingerprint density at radius 2 is 1.55 bits per heavy atom. The van der Waals surface area contributed by atoms with Gasteiger partial charge < -0.3 is 4.74 Å². The smallest absolute Gasteiger partial charge is 0.330 e. The van der Waals surface area contributed by atoms with Crippen molar-refractivity contribution in [3.8, 4) is 0 Å². The van der Waals surface area contributed by atoms with Crippen molar-refractivity contribution in [1.29, 1.82) is 0 Å². The van der Waals surface area contributed by atoms with Crippen molar-refractivity contribution < 1.29 is 23.9 Å². The summed E-state index contributed by atoms with van der Waals surface area (Å²) in [4.78, 5) is 53.2. The maximum Gasteiger partial charge on any atom is 0.330 e. The van der Waals surface area contributed by atoms with E-state index in [0.29, 0.717) is 5.56 Å². The van der Waals surface area contributed by atoms with Gasteiger partial charge in [-0.15, -0.1) is 0 Å². The molecule has 2 amide bonds. The van der Waals surface area contributed by atoms with Crippen molar-refractivity contribution in [2.24, 2.45) is 29.6 Å². The summed E-state index contributed by atoms with van der Waals surface area (Å²) in [7, 11) is 0. The molecule has 0 aromatic heterocycles. The molecule has 1 heterocycles. The molecule has 6 nitrogen and oxygen atoms in total. The summed E-state index contributed by atoms with van der Waals surface area (Å²) in [6.45, 7) is 3.10. The third kappa shape index (κ3) is 3.84. The predicted molar refractivity (Wildman–Crippen MR) is 124 cm³/mol. The van der Waals surface area contributed by atoms with Gasteiger partial charge in [0.1, 0.15) is 6.04 Å². The lowest BCUT2D eigenvalue weighted by Gasteiger charge is -2.28. The number of nitrogens with zero attached hydrogens (tertiary/aromatic N) is 1. The van der Waals surface area contributed by atoms with Crippen molar-refractivity contribution in [3.63, 3.8) is 0 Å². The lowest BCUT2D eigenvalue weighted by molar-refractivity contribution is -0.160. The van der Waals surface area contributed by atoms with E-state index in [1.807, 2.05) is 0 Å². The molecular formula is C22H22Br3NO5. The van der Waals surface area contributed by atoms with E-state index in [0.717, 1.165) is 15.8 Å². The summed E-state index contributed by atoms with van der Waals surface area (Å²) >= 11 is 10.6. The summed E-state index contributed by atoms with van der Waals surface area (Å²) in [6.07, 6.45) is 0.824. The quantitative estimate of drug-likeness (QED) is 0.208. The zero-order valence-electron chi connectivity index (χ0n) is 17.0. The molecule has 2 bridgehead atoms. The highest BCUT2D eigenvalue weighted by molar-refractivity contribution is 9.12. The van der Waals surface area contributed by atoms with Crippen LogP contribution in [0.15, 0.2) is 28.7 Å². The van der Waals surface area contributed by atoms with Gasteiger partial charge in [0.15, 0.2) is 12.4 Å². The van der Waals surface area contributed by atoms with Gasteiger partial charge in [-0.1, -0.05) is 73.8 Å². The van der Waals surface area contributed by atoms with Crippen LogP contribution in [-0.4, -0.2) is 50.8 Å². The number of halogens is 3.